The third-order valence-corrected chi connectivity index (χ3v) is 18.8. The Labute approximate surface area is 461 Å². The zero-order valence-electron chi connectivity index (χ0n) is 46.1. The lowest BCUT2D eigenvalue weighted by Gasteiger charge is -2.56. The summed E-state index contributed by atoms with van der Waals surface area (Å²) in [5, 5.41) is 27.0. The first-order valence-electron chi connectivity index (χ1n) is 28.2. The van der Waals surface area contributed by atoms with Crippen molar-refractivity contribution in [3.63, 3.8) is 0 Å². The third kappa shape index (κ3) is 11.4. The number of benzene rings is 3. The van der Waals surface area contributed by atoms with Crippen molar-refractivity contribution in [3.05, 3.63) is 99.7 Å². The van der Waals surface area contributed by atoms with Crippen LogP contribution >= 0.6 is 0 Å². The molecule has 2 aromatic heterocycles. The summed E-state index contributed by atoms with van der Waals surface area (Å²) >= 11 is 0. The van der Waals surface area contributed by atoms with Crippen LogP contribution in [0.15, 0.2) is 77.8 Å². The maximum atomic E-state index is 14.6. The van der Waals surface area contributed by atoms with E-state index in [1.165, 1.54) is 36.1 Å². The maximum absolute atomic E-state index is 14.6. The molecule has 6 heterocycles. The molecule has 5 fully saturated rings. The summed E-state index contributed by atoms with van der Waals surface area (Å²) in [6, 6.07) is 20.4. The average Bonchev–Trinajstić information content (AvgIpc) is 4.25. The average molecular weight is 1100 g/mol. The molecule has 0 radical (unpaired) electrons. The molecule has 1 spiro atoms. The lowest BCUT2D eigenvalue weighted by atomic mass is 9.59. The summed E-state index contributed by atoms with van der Waals surface area (Å²) in [5.74, 6) is -0.254. The van der Waals surface area contributed by atoms with E-state index < -0.39 is 54.8 Å². The van der Waals surface area contributed by atoms with Gasteiger partial charge in [0.25, 0.3) is 27.5 Å². The van der Waals surface area contributed by atoms with Crippen LogP contribution in [0.3, 0.4) is 0 Å². The molecule has 422 valence electrons. The van der Waals surface area contributed by atoms with Gasteiger partial charge in [-0.3, -0.25) is 19.8 Å². The minimum Gasteiger partial charge on any atom is -0.489 e. The number of carbonyl (C=O) groups excluding carboxylic acids is 2. The summed E-state index contributed by atoms with van der Waals surface area (Å²) in [6.07, 6.45) is 10.5. The Balaban J connectivity index is 0.852. The van der Waals surface area contributed by atoms with Gasteiger partial charge in [0.2, 0.25) is 0 Å². The highest BCUT2D eigenvalue weighted by molar-refractivity contribution is 7.90. The van der Waals surface area contributed by atoms with E-state index in [1.54, 1.807) is 36.2 Å². The van der Waals surface area contributed by atoms with Crippen molar-refractivity contribution in [3.8, 4) is 23.1 Å². The first-order valence-corrected chi connectivity index (χ1v) is 29.6. The maximum Gasteiger partial charge on any atom is 0.410 e. The van der Waals surface area contributed by atoms with E-state index in [4.69, 9.17) is 23.9 Å². The monoisotopic (exact) mass is 1100 g/mol. The minimum absolute atomic E-state index is 0.0264. The van der Waals surface area contributed by atoms with Crippen LogP contribution in [0.5, 0.6) is 23.1 Å². The highest BCUT2D eigenvalue weighted by Gasteiger charge is 2.50. The van der Waals surface area contributed by atoms with Crippen LogP contribution in [0.4, 0.5) is 21.9 Å². The van der Waals surface area contributed by atoms with E-state index in [1.807, 2.05) is 26.8 Å². The molecule has 2 amide bonds. The highest BCUT2D eigenvalue weighted by Crippen LogP contribution is 2.55. The molecule has 19 nitrogen and oxygen atoms in total. The summed E-state index contributed by atoms with van der Waals surface area (Å²) in [7, 11) is -4.77. The number of sulfonamides is 1. The second-order valence-electron chi connectivity index (χ2n) is 24.6. The van der Waals surface area contributed by atoms with Gasteiger partial charge in [0, 0.05) is 73.6 Å². The number of rotatable bonds is 13. The molecule has 20 heteroatoms. The van der Waals surface area contributed by atoms with Crippen LogP contribution in [0.1, 0.15) is 146 Å². The van der Waals surface area contributed by atoms with Crippen molar-refractivity contribution in [1.29, 1.82) is 0 Å². The largest absolute Gasteiger partial charge is 0.489 e. The molecule has 3 saturated heterocycles. The van der Waals surface area contributed by atoms with Crippen LogP contribution in [0.2, 0.25) is 0 Å². The molecule has 4 aliphatic heterocycles. The SMILES string of the molecule is CC(C)c1ccccc1[C@H]1CCCN1C1CC2(CCN(c3ccc(C(=O)NS(=O)(=O)c4cc5c(c([N+](=O)[O-])c4)N[C@@H]([C@H]4CC[C@](C)(O)CC4)CO5)c(Oc4cc5cc[nH]c5nc4O[C@H]4CCN(C(=O)OC(C)(C)C)C4)c3)CC2)C1. The van der Waals surface area contributed by atoms with Gasteiger partial charge in [0.15, 0.2) is 17.2 Å². The summed E-state index contributed by atoms with van der Waals surface area (Å²) in [4.78, 5) is 53.5. The minimum atomic E-state index is -4.77. The summed E-state index contributed by atoms with van der Waals surface area (Å²) in [6.45, 7) is 15.2. The Hall–Kier alpha value is -6.64. The molecule has 3 atom stereocenters. The van der Waals surface area contributed by atoms with Crippen LogP contribution < -0.4 is 29.1 Å². The number of piperidine rings is 1. The Kier molecular flexibility index (Phi) is 14.5. The van der Waals surface area contributed by atoms with Crippen LogP contribution in [-0.4, -0.2) is 119 Å². The quantitative estimate of drug-likeness (QED) is 0.0635. The smallest absolute Gasteiger partial charge is 0.410 e. The van der Waals surface area contributed by atoms with Crippen LogP contribution in [-0.2, 0) is 14.8 Å². The Morgan fingerprint density at radius 2 is 1.71 bits per heavy atom. The normalized spacial score (nSPS) is 24.4. The number of nitro groups is 1. The number of carbonyl (C=O) groups is 2. The van der Waals surface area contributed by atoms with E-state index in [2.05, 4.69) is 62.9 Å². The summed E-state index contributed by atoms with van der Waals surface area (Å²) < 4.78 is 55.7. The molecule has 79 heavy (non-hydrogen) atoms. The molecule has 2 aliphatic carbocycles. The highest BCUT2D eigenvalue weighted by atomic mass is 32.2. The lowest BCUT2D eigenvalue weighted by Crippen LogP contribution is -2.54. The fourth-order valence-electron chi connectivity index (χ4n) is 13.1. The number of fused-ring (bicyclic) bond motifs is 2. The predicted molar refractivity (Wildman–Crippen MR) is 299 cm³/mol. The van der Waals surface area contributed by atoms with Crippen molar-refractivity contribution >= 4 is 50.1 Å². The van der Waals surface area contributed by atoms with Gasteiger partial charge in [0.05, 0.1) is 33.6 Å². The number of aliphatic hydroxyl groups is 1. The van der Waals surface area contributed by atoms with Gasteiger partial charge in [-0.1, -0.05) is 38.1 Å². The topological polar surface area (TPSA) is 231 Å². The van der Waals surface area contributed by atoms with E-state index in [0.29, 0.717) is 67.7 Å². The first kappa shape index (κ1) is 54.3. The molecule has 3 aromatic carbocycles. The van der Waals surface area contributed by atoms with Gasteiger partial charge in [0.1, 0.15) is 29.7 Å². The number of ether oxygens (including phenoxy) is 4. The number of amides is 2. The number of nitrogens with one attached hydrogen (secondary N) is 3. The van der Waals surface area contributed by atoms with Gasteiger partial charge < -0.3 is 44.2 Å². The second-order valence-corrected chi connectivity index (χ2v) is 26.3. The molecule has 6 aliphatic rings. The van der Waals surface area contributed by atoms with Gasteiger partial charge in [-0.2, -0.15) is 4.98 Å². The van der Waals surface area contributed by atoms with E-state index >= 15 is 0 Å². The van der Waals surface area contributed by atoms with Crippen molar-refractivity contribution < 1.29 is 47.0 Å². The van der Waals surface area contributed by atoms with Gasteiger partial charge in [-0.25, -0.2) is 17.9 Å². The fourth-order valence-corrected chi connectivity index (χ4v) is 14.1. The number of aromatic nitrogens is 2. The molecule has 0 unspecified atom stereocenters. The Bertz CT molecular complexity index is 3240. The number of hydrogen-bond acceptors (Lipinski definition) is 15. The van der Waals surface area contributed by atoms with Crippen molar-refractivity contribution in [2.45, 2.75) is 158 Å². The van der Waals surface area contributed by atoms with Crippen molar-refractivity contribution in [2.24, 2.45) is 11.3 Å². The fraction of sp³-hybridized carbons (Fsp3) is 0.542. The second kappa shape index (κ2) is 21.1. The van der Waals surface area contributed by atoms with Crippen molar-refractivity contribution in [2.75, 3.05) is 49.5 Å². The summed E-state index contributed by atoms with van der Waals surface area (Å²) in [5.41, 5.74) is 2.39. The predicted octanol–water partition coefficient (Wildman–Crippen LogP) is 10.6. The molecule has 11 rings (SSSR count). The van der Waals surface area contributed by atoms with E-state index in [0.717, 1.165) is 57.1 Å². The molecular formula is C59H74N8O11S. The van der Waals surface area contributed by atoms with Crippen molar-refractivity contribution in [1.82, 2.24) is 24.5 Å². The number of pyridine rings is 1. The third-order valence-electron chi connectivity index (χ3n) is 17.5. The lowest BCUT2D eigenvalue weighted by molar-refractivity contribution is -0.384. The molecule has 2 saturated carbocycles. The van der Waals surface area contributed by atoms with Gasteiger partial charge in [-0.15, -0.1) is 0 Å². The number of anilines is 2. The number of likely N-dealkylation sites (tertiary alicyclic amines) is 2. The van der Waals surface area contributed by atoms with Crippen LogP contribution in [0.25, 0.3) is 11.0 Å². The Morgan fingerprint density at radius 3 is 2.44 bits per heavy atom. The number of nitro benzene ring substituents is 1. The van der Waals surface area contributed by atoms with Gasteiger partial charge >= 0.3 is 6.09 Å². The number of H-pyrrole nitrogens is 1. The standard InChI is InChI=1S/C59H74N8O11S/c1-36(2)43-10-7-8-11-44(43)47-12-9-24-66(47)40-32-59(33-40)21-26-64(27-22-59)39-13-14-45(49(29-39)77-51-28-38-17-23-60-53(38)62-55(51)76-41-18-25-65(34-41)56(69)78-57(3,4)5)54(68)63-79(73,74)42-30-48(67(71)72)52-50(31-42)75-35-46(61-52)37-15-19-58(6,70)20-16-37/h7-8,10-11,13-14,17,23,28-31,36-37,40-41,46-47,61,70H,9,12,15-16,18-22,24-27,32-35H2,1-6H3,(H,60,62)(H,63,68)/t37-,41-,46+,47+,58-/m0/s1. The van der Waals surface area contributed by atoms with E-state index in [-0.39, 0.29) is 64.9 Å². The zero-order chi connectivity index (χ0) is 55.6. The molecule has 4 N–H and O–H groups in total. The Morgan fingerprint density at radius 1 is 0.949 bits per heavy atom. The number of nitrogens with zero attached hydrogens (tertiary/aromatic N) is 5. The number of aromatic amines is 1. The molecule has 5 aromatic rings. The van der Waals surface area contributed by atoms with E-state index in [9.17, 15) is 33.2 Å². The molecule has 0 bridgehead atoms. The van der Waals surface area contributed by atoms with Crippen LogP contribution in [0, 0.1) is 21.4 Å². The number of hydrogen-bond donors (Lipinski definition) is 4. The zero-order valence-corrected chi connectivity index (χ0v) is 46.9. The van der Waals surface area contributed by atoms with Gasteiger partial charge in [-0.05, 0) is 151 Å². The first-order chi connectivity index (χ1) is 37.6. The molecular weight excluding hydrogens is 1030 g/mol.